The molecule has 0 saturated heterocycles. The van der Waals surface area contributed by atoms with Crippen molar-refractivity contribution in [2.75, 3.05) is 6.61 Å². The van der Waals surface area contributed by atoms with Crippen molar-refractivity contribution in [1.29, 1.82) is 0 Å². The predicted molar refractivity (Wildman–Crippen MR) is 53.1 cm³/mol. The van der Waals surface area contributed by atoms with Gasteiger partial charge in [0.25, 0.3) is 0 Å². The minimum atomic E-state index is -0.125. The van der Waals surface area contributed by atoms with Crippen LogP contribution in [0.3, 0.4) is 0 Å². The van der Waals surface area contributed by atoms with Crippen LogP contribution in [0.1, 0.15) is 47.0 Å². The number of hydrogen-bond donors (Lipinski definition) is 2. The van der Waals surface area contributed by atoms with Crippen LogP contribution in [-0.4, -0.2) is 22.9 Å². The number of aliphatic hydroxyl groups is 2. The van der Waals surface area contributed by atoms with Gasteiger partial charge in [-0.3, -0.25) is 0 Å². The molecule has 0 aliphatic heterocycles. The number of aliphatic hydroxyl groups excluding tert-OH is 2. The lowest BCUT2D eigenvalue weighted by molar-refractivity contribution is 0.168. The highest BCUT2D eigenvalue weighted by molar-refractivity contribution is 4.49. The van der Waals surface area contributed by atoms with E-state index in [-0.39, 0.29) is 6.10 Å². The summed E-state index contributed by atoms with van der Waals surface area (Å²) in [6, 6.07) is 0. The van der Waals surface area contributed by atoms with Crippen LogP contribution in [0.2, 0.25) is 0 Å². The van der Waals surface area contributed by atoms with Crippen LogP contribution in [0.4, 0.5) is 0 Å². The normalized spacial score (nSPS) is 12.2. The lowest BCUT2D eigenvalue weighted by Gasteiger charge is -2.04. The van der Waals surface area contributed by atoms with Crippen molar-refractivity contribution in [2.24, 2.45) is 5.92 Å². The lowest BCUT2D eigenvalue weighted by atomic mass is 10.1. The Kier molecular flexibility index (Phi) is 13.1. The van der Waals surface area contributed by atoms with Crippen LogP contribution < -0.4 is 0 Å². The molecule has 0 aromatic carbocycles. The van der Waals surface area contributed by atoms with E-state index in [2.05, 4.69) is 20.8 Å². The number of hydrogen-bond acceptors (Lipinski definition) is 2. The molecule has 0 amide bonds. The molecular formula is C10H24O2. The summed E-state index contributed by atoms with van der Waals surface area (Å²) in [4.78, 5) is 0. The van der Waals surface area contributed by atoms with Gasteiger partial charge < -0.3 is 10.2 Å². The maximum atomic E-state index is 8.72. The Bertz CT molecular complexity index is 62.2. The van der Waals surface area contributed by atoms with E-state index in [0.29, 0.717) is 12.5 Å². The quantitative estimate of drug-likeness (QED) is 0.689. The molecule has 0 saturated carbocycles. The topological polar surface area (TPSA) is 40.5 Å². The number of unbranched alkanes of at least 4 members (excludes halogenated alkanes) is 1. The van der Waals surface area contributed by atoms with Crippen molar-refractivity contribution < 1.29 is 10.2 Å². The van der Waals surface area contributed by atoms with Crippen molar-refractivity contribution in [3.63, 3.8) is 0 Å². The molecule has 2 heteroatoms. The summed E-state index contributed by atoms with van der Waals surface area (Å²) in [5.74, 6) is 0.625. The lowest BCUT2D eigenvalue weighted by Crippen LogP contribution is -2.03. The summed E-state index contributed by atoms with van der Waals surface area (Å²) in [5, 5.41) is 16.8. The van der Waals surface area contributed by atoms with Gasteiger partial charge in [0, 0.05) is 6.61 Å². The van der Waals surface area contributed by atoms with Crippen molar-refractivity contribution in [1.82, 2.24) is 0 Å². The van der Waals surface area contributed by atoms with E-state index in [4.69, 9.17) is 10.2 Å². The molecule has 0 aliphatic carbocycles. The number of rotatable bonds is 4. The maximum absolute atomic E-state index is 8.72. The second kappa shape index (κ2) is 10.9. The SMILES string of the molecule is CC(C)CC(C)O.CCCCO. The predicted octanol–water partition coefficient (Wildman–Crippen LogP) is 2.19. The third-order valence-corrected chi connectivity index (χ3v) is 1.32. The van der Waals surface area contributed by atoms with Gasteiger partial charge in [-0.15, -0.1) is 0 Å². The molecule has 0 aliphatic rings. The first-order valence-electron chi connectivity index (χ1n) is 4.83. The standard InChI is InChI=1S/C6H14O.C4H10O/c1-5(2)4-6(3)7;1-2-3-4-5/h5-7H,4H2,1-3H3;5H,2-4H2,1H3. The molecule has 76 valence electrons. The summed E-state index contributed by atoms with van der Waals surface area (Å²) in [6.07, 6.45) is 2.83. The molecule has 0 heterocycles. The van der Waals surface area contributed by atoms with Crippen LogP contribution in [-0.2, 0) is 0 Å². The van der Waals surface area contributed by atoms with Crippen LogP contribution in [0, 0.1) is 5.92 Å². The van der Waals surface area contributed by atoms with Crippen LogP contribution in [0.15, 0.2) is 0 Å². The molecule has 0 aromatic rings. The average molecular weight is 176 g/mol. The Balaban J connectivity index is 0. The average Bonchev–Trinajstić information content (AvgIpc) is 1.87. The highest BCUT2D eigenvalue weighted by Crippen LogP contribution is 2.01. The molecule has 0 fully saturated rings. The molecule has 1 unspecified atom stereocenters. The Hall–Kier alpha value is -0.0800. The molecule has 0 rings (SSSR count). The first-order valence-corrected chi connectivity index (χ1v) is 4.83. The first-order chi connectivity index (χ1) is 5.54. The largest absolute Gasteiger partial charge is 0.396 e. The molecule has 0 spiro atoms. The maximum Gasteiger partial charge on any atom is 0.0514 e. The summed E-state index contributed by atoms with van der Waals surface area (Å²) in [6.45, 7) is 8.42. The van der Waals surface area contributed by atoms with Crippen molar-refractivity contribution in [3.8, 4) is 0 Å². The van der Waals surface area contributed by atoms with Gasteiger partial charge >= 0.3 is 0 Å². The molecule has 0 bridgehead atoms. The molecule has 2 nitrogen and oxygen atoms in total. The minimum absolute atomic E-state index is 0.125. The molecule has 1 atom stereocenters. The minimum Gasteiger partial charge on any atom is -0.396 e. The molecular weight excluding hydrogens is 152 g/mol. The highest BCUT2D eigenvalue weighted by atomic mass is 16.3. The van der Waals surface area contributed by atoms with E-state index < -0.39 is 0 Å². The second-order valence-electron chi connectivity index (χ2n) is 3.56. The fraction of sp³-hybridized carbons (Fsp3) is 1.00. The van der Waals surface area contributed by atoms with Gasteiger partial charge in [0.15, 0.2) is 0 Å². The summed E-state index contributed by atoms with van der Waals surface area (Å²) < 4.78 is 0. The van der Waals surface area contributed by atoms with Gasteiger partial charge in [-0.25, -0.2) is 0 Å². The second-order valence-corrected chi connectivity index (χ2v) is 3.56. The molecule has 12 heavy (non-hydrogen) atoms. The smallest absolute Gasteiger partial charge is 0.0514 e. The molecule has 2 N–H and O–H groups in total. The zero-order valence-corrected chi connectivity index (χ0v) is 8.88. The van der Waals surface area contributed by atoms with E-state index in [9.17, 15) is 0 Å². The van der Waals surface area contributed by atoms with Crippen molar-refractivity contribution in [3.05, 3.63) is 0 Å². The van der Waals surface area contributed by atoms with Crippen molar-refractivity contribution in [2.45, 2.75) is 53.1 Å². The van der Waals surface area contributed by atoms with E-state index in [0.717, 1.165) is 19.3 Å². The fourth-order valence-corrected chi connectivity index (χ4v) is 0.840. The first kappa shape index (κ1) is 14.4. The fourth-order valence-electron chi connectivity index (χ4n) is 0.840. The Labute approximate surface area is 76.6 Å². The molecule has 0 aromatic heterocycles. The van der Waals surface area contributed by atoms with Gasteiger partial charge in [-0.05, 0) is 25.7 Å². The monoisotopic (exact) mass is 176 g/mol. The zero-order chi connectivity index (χ0) is 9.98. The Morgan fingerprint density at radius 1 is 1.17 bits per heavy atom. The van der Waals surface area contributed by atoms with Crippen LogP contribution >= 0.6 is 0 Å². The van der Waals surface area contributed by atoms with Crippen molar-refractivity contribution >= 4 is 0 Å². The van der Waals surface area contributed by atoms with E-state index in [1.165, 1.54) is 0 Å². The Morgan fingerprint density at radius 2 is 1.67 bits per heavy atom. The summed E-state index contributed by atoms with van der Waals surface area (Å²) in [5.41, 5.74) is 0. The van der Waals surface area contributed by atoms with Gasteiger partial charge in [0.1, 0.15) is 0 Å². The summed E-state index contributed by atoms with van der Waals surface area (Å²) in [7, 11) is 0. The third-order valence-electron chi connectivity index (χ3n) is 1.32. The zero-order valence-electron chi connectivity index (χ0n) is 8.88. The van der Waals surface area contributed by atoms with E-state index in [1.54, 1.807) is 0 Å². The summed E-state index contributed by atoms with van der Waals surface area (Å²) >= 11 is 0. The van der Waals surface area contributed by atoms with E-state index >= 15 is 0 Å². The third kappa shape index (κ3) is 22.5. The van der Waals surface area contributed by atoms with Crippen LogP contribution in [0.25, 0.3) is 0 Å². The van der Waals surface area contributed by atoms with Crippen LogP contribution in [0.5, 0.6) is 0 Å². The molecule has 0 radical (unpaired) electrons. The highest BCUT2D eigenvalue weighted by Gasteiger charge is 1.97. The van der Waals surface area contributed by atoms with Gasteiger partial charge in [-0.1, -0.05) is 27.2 Å². The Morgan fingerprint density at radius 3 is 1.67 bits per heavy atom. The van der Waals surface area contributed by atoms with Gasteiger partial charge in [0.05, 0.1) is 6.10 Å². The van der Waals surface area contributed by atoms with Gasteiger partial charge in [0.2, 0.25) is 0 Å². The van der Waals surface area contributed by atoms with E-state index in [1.807, 2.05) is 6.92 Å². The van der Waals surface area contributed by atoms with Gasteiger partial charge in [-0.2, -0.15) is 0 Å².